The van der Waals surface area contributed by atoms with Crippen LogP contribution in [0.5, 0.6) is 0 Å². The quantitative estimate of drug-likeness (QED) is 0.604. The molecule has 0 N–H and O–H groups in total. The van der Waals surface area contributed by atoms with Gasteiger partial charge in [0.2, 0.25) is 0 Å². The maximum atomic E-state index is 13.3. The maximum absolute atomic E-state index is 13.3. The highest BCUT2D eigenvalue weighted by Gasteiger charge is 2.31. The summed E-state index contributed by atoms with van der Waals surface area (Å²) < 4.78 is 51.3. The van der Waals surface area contributed by atoms with E-state index in [1.165, 1.54) is 12.1 Å². The Morgan fingerprint density at radius 3 is 2.62 bits per heavy atom. The highest BCUT2D eigenvalue weighted by atomic mass is 32.2. The van der Waals surface area contributed by atoms with Gasteiger partial charge in [0.1, 0.15) is 0 Å². The van der Waals surface area contributed by atoms with E-state index in [4.69, 9.17) is 0 Å². The van der Waals surface area contributed by atoms with Gasteiger partial charge in [0.05, 0.1) is 23.2 Å². The van der Waals surface area contributed by atoms with Gasteiger partial charge >= 0.3 is 0 Å². The summed E-state index contributed by atoms with van der Waals surface area (Å²) in [5, 5.41) is 4.41. The Labute approximate surface area is 150 Å². The number of aryl methyl sites for hydroxylation is 1. The van der Waals surface area contributed by atoms with Crippen molar-refractivity contribution in [1.82, 2.24) is 9.78 Å². The van der Waals surface area contributed by atoms with Gasteiger partial charge in [0.25, 0.3) is 0 Å². The van der Waals surface area contributed by atoms with E-state index < -0.39 is 27.3 Å². The number of rotatable bonds is 4. The van der Waals surface area contributed by atoms with Gasteiger partial charge in [0, 0.05) is 16.8 Å². The van der Waals surface area contributed by atoms with Crippen molar-refractivity contribution in [3.05, 3.63) is 58.4 Å². The van der Waals surface area contributed by atoms with E-state index >= 15 is 0 Å². The van der Waals surface area contributed by atoms with Crippen molar-refractivity contribution in [3.63, 3.8) is 0 Å². The molecule has 0 unspecified atom stereocenters. The molecular weight excluding hydrogens is 362 g/mol. The average molecular weight is 380 g/mol. The third kappa shape index (κ3) is 3.60. The van der Waals surface area contributed by atoms with Crippen LogP contribution in [-0.2, 0) is 9.84 Å². The van der Waals surface area contributed by atoms with Gasteiger partial charge in [-0.3, -0.25) is 9.48 Å². The number of ketones is 1. The minimum Gasteiger partial charge on any atom is -0.289 e. The summed E-state index contributed by atoms with van der Waals surface area (Å²) in [5.41, 5.74) is 2.19. The lowest BCUT2D eigenvalue weighted by Gasteiger charge is -2.10. The first-order valence-corrected chi connectivity index (χ1v) is 9.93. The molecule has 26 heavy (non-hydrogen) atoms. The van der Waals surface area contributed by atoms with Crippen molar-refractivity contribution in [2.24, 2.45) is 0 Å². The molecule has 0 bridgehead atoms. The third-order valence-electron chi connectivity index (χ3n) is 4.54. The predicted molar refractivity (Wildman–Crippen MR) is 93.7 cm³/mol. The molecule has 138 valence electrons. The van der Waals surface area contributed by atoms with E-state index in [1.54, 1.807) is 17.7 Å². The number of carbonyl (C=O) groups excluding carboxylic acids is 1. The zero-order valence-electron chi connectivity index (χ0n) is 14.4. The van der Waals surface area contributed by atoms with E-state index in [2.05, 4.69) is 5.10 Å². The molecule has 0 saturated carbocycles. The highest BCUT2D eigenvalue weighted by Crippen LogP contribution is 2.27. The van der Waals surface area contributed by atoms with Crippen molar-refractivity contribution in [2.45, 2.75) is 26.3 Å². The Hall–Kier alpha value is -2.35. The molecule has 2 aromatic rings. The van der Waals surface area contributed by atoms with Gasteiger partial charge in [-0.25, -0.2) is 17.2 Å². The van der Waals surface area contributed by atoms with Gasteiger partial charge in [-0.15, -0.1) is 0 Å². The van der Waals surface area contributed by atoms with Crippen LogP contribution < -0.4 is 0 Å². The van der Waals surface area contributed by atoms with Crippen LogP contribution in [-0.4, -0.2) is 35.5 Å². The second-order valence-corrected chi connectivity index (χ2v) is 8.64. The Kier molecular flexibility index (Phi) is 4.79. The van der Waals surface area contributed by atoms with E-state index in [1.807, 2.05) is 6.92 Å². The van der Waals surface area contributed by atoms with Crippen LogP contribution in [0.15, 0.2) is 24.3 Å². The number of benzene rings is 1. The summed E-state index contributed by atoms with van der Waals surface area (Å²) in [6.45, 7) is 3.58. The SMILES string of the molecule is Cc1nn([C@H]2CCS(=O)(=O)C2)c(C)c1/C=C/C(=O)c1ccc(F)c(F)c1. The Bertz CT molecular complexity index is 1010. The van der Waals surface area contributed by atoms with Crippen LogP contribution in [0.2, 0.25) is 0 Å². The van der Waals surface area contributed by atoms with Crippen LogP contribution in [0.3, 0.4) is 0 Å². The van der Waals surface area contributed by atoms with Crippen LogP contribution in [0.1, 0.15) is 39.8 Å². The third-order valence-corrected chi connectivity index (χ3v) is 6.29. The maximum Gasteiger partial charge on any atom is 0.185 e. The predicted octanol–water partition coefficient (Wildman–Crippen LogP) is 3.03. The summed E-state index contributed by atoms with van der Waals surface area (Å²) in [5.74, 6) is -2.34. The number of hydrogen-bond acceptors (Lipinski definition) is 4. The standard InChI is InChI=1S/C18H18F2N2O3S/c1-11-15(4-6-18(23)13-3-5-16(19)17(20)9-13)12(2)22(21-11)14-7-8-26(24,25)10-14/h3-6,9,14H,7-8,10H2,1-2H3/b6-4+/t14-/m0/s1. The zero-order chi connectivity index (χ0) is 19.1. The lowest BCUT2D eigenvalue weighted by atomic mass is 10.1. The van der Waals surface area contributed by atoms with Crippen LogP contribution in [0.25, 0.3) is 6.08 Å². The Morgan fingerprint density at radius 2 is 2.00 bits per heavy atom. The molecule has 0 spiro atoms. The fourth-order valence-corrected chi connectivity index (χ4v) is 4.84. The summed E-state index contributed by atoms with van der Waals surface area (Å²) >= 11 is 0. The van der Waals surface area contributed by atoms with Crippen molar-refractivity contribution in [3.8, 4) is 0 Å². The van der Waals surface area contributed by atoms with Crippen molar-refractivity contribution in [2.75, 3.05) is 11.5 Å². The molecule has 0 amide bonds. The van der Waals surface area contributed by atoms with E-state index in [0.29, 0.717) is 17.7 Å². The number of nitrogens with zero attached hydrogens (tertiary/aromatic N) is 2. The molecule has 2 heterocycles. The van der Waals surface area contributed by atoms with E-state index in [9.17, 15) is 22.0 Å². The van der Waals surface area contributed by atoms with Crippen molar-refractivity contribution >= 4 is 21.7 Å². The van der Waals surface area contributed by atoms with Gasteiger partial charge in [-0.05, 0) is 50.6 Å². The molecule has 0 aliphatic carbocycles. The van der Waals surface area contributed by atoms with Crippen molar-refractivity contribution in [1.29, 1.82) is 0 Å². The molecule has 1 aromatic carbocycles. The molecule has 1 aliphatic rings. The minimum absolute atomic E-state index is 0.0461. The number of halogens is 2. The average Bonchev–Trinajstić information content (AvgIpc) is 3.07. The summed E-state index contributed by atoms with van der Waals surface area (Å²) in [6, 6.07) is 2.78. The van der Waals surface area contributed by atoms with E-state index in [0.717, 1.165) is 17.8 Å². The first kappa shape index (κ1) is 18.4. The minimum atomic E-state index is -3.03. The van der Waals surface area contributed by atoms with Crippen LogP contribution in [0.4, 0.5) is 8.78 Å². The Morgan fingerprint density at radius 1 is 1.27 bits per heavy atom. The topological polar surface area (TPSA) is 69.0 Å². The molecule has 1 aliphatic heterocycles. The molecule has 1 atom stereocenters. The number of sulfone groups is 1. The largest absolute Gasteiger partial charge is 0.289 e. The molecule has 1 aromatic heterocycles. The van der Waals surface area contributed by atoms with Crippen molar-refractivity contribution < 1.29 is 22.0 Å². The Balaban J connectivity index is 1.85. The normalized spacial score (nSPS) is 19.3. The van der Waals surface area contributed by atoms with Gasteiger partial charge < -0.3 is 0 Å². The fraction of sp³-hybridized carbons (Fsp3) is 0.333. The second kappa shape index (κ2) is 6.75. The summed E-state index contributed by atoms with van der Waals surface area (Å²) in [7, 11) is -3.03. The highest BCUT2D eigenvalue weighted by molar-refractivity contribution is 7.91. The van der Waals surface area contributed by atoms with E-state index in [-0.39, 0.29) is 23.1 Å². The van der Waals surface area contributed by atoms with Gasteiger partial charge in [0.15, 0.2) is 27.3 Å². The zero-order valence-corrected chi connectivity index (χ0v) is 15.2. The first-order valence-electron chi connectivity index (χ1n) is 8.11. The summed E-state index contributed by atoms with van der Waals surface area (Å²) in [6.07, 6.45) is 3.36. The molecule has 1 fully saturated rings. The second-order valence-electron chi connectivity index (χ2n) is 6.41. The number of allylic oxidation sites excluding steroid dienone is 1. The molecular formula is C18H18F2N2O3S. The molecule has 5 nitrogen and oxygen atoms in total. The molecule has 1 saturated heterocycles. The molecule has 8 heteroatoms. The van der Waals surface area contributed by atoms with Gasteiger partial charge in [-0.1, -0.05) is 0 Å². The lowest BCUT2D eigenvalue weighted by Crippen LogP contribution is -2.13. The smallest absolute Gasteiger partial charge is 0.185 e. The first-order chi connectivity index (χ1) is 12.2. The number of hydrogen-bond donors (Lipinski definition) is 0. The molecule has 3 rings (SSSR count). The van der Waals surface area contributed by atoms with Crippen LogP contribution >= 0.6 is 0 Å². The fourth-order valence-electron chi connectivity index (χ4n) is 3.15. The van der Waals surface area contributed by atoms with Crippen LogP contribution in [0, 0.1) is 25.5 Å². The lowest BCUT2D eigenvalue weighted by molar-refractivity contribution is 0.104. The molecule has 0 radical (unpaired) electrons. The number of carbonyl (C=O) groups is 1. The number of aromatic nitrogens is 2. The summed E-state index contributed by atoms with van der Waals surface area (Å²) in [4.78, 5) is 12.2. The van der Waals surface area contributed by atoms with Gasteiger partial charge in [-0.2, -0.15) is 5.10 Å². The monoisotopic (exact) mass is 380 g/mol.